The molecule has 0 radical (unpaired) electrons. The van der Waals surface area contributed by atoms with Crippen molar-refractivity contribution in [2.24, 2.45) is 0 Å². The van der Waals surface area contributed by atoms with Gasteiger partial charge in [-0.15, -0.1) is 12.4 Å². The average molecular weight is 285 g/mol. The van der Waals surface area contributed by atoms with E-state index in [0.29, 0.717) is 18.7 Å². The molecule has 1 aliphatic rings. The molecule has 0 aromatic heterocycles. The lowest BCUT2D eigenvalue weighted by Gasteiger charge is -2.25. The van der Waals surface area contributed by atoms with Gasteiger partial charge in [0.1, 0.15) is 5.82 Å². The summed E-state index contributed by atoms with van der Waals surface area (Å²) in [5, 5.41) is 6.15. The van der Waals surface area contributed by atoms with Crippen LogP contribution in [0.5, 0.6) is 0 Å². The number of rotatable bonds is 1. The molecule has 1 fully saturated rings. The van der Waals surface area contributed by atoms with Crippen molar-refractivity contribution in [3.63, 3.8) is 0 Å². The first-order valence-corrected chi connectivity index (χ1v) is 5.29. The second-order valence-electron chi connectivity index (χ2n) is 3.95. The molecule has 0 unspecified atom stereocenters. The second-order valence-corrected chi connectivity index (χ2v) is 3.95. The molecule has 1 aromatic rings. The molecule has 102 valence electrons. The fourth-order valence-electron chi connectivity index (χ4n) is 1.87. The van der Waals surface area contributed by atoms with Crippen LogP contribution in [0, 0.1) is 5.82 Å². The molecule has 0 amide bonds. The van der Waals surface area contributed by atoms with Crippen LogP contribution in [0.4, 0.5) is 17.6 Å². The fourth-order valence-corrected chi connectivity index (χ4v) is 1.87. The van der Waals surface area contributed by atoms with Crippen molar-refractivity contribution in [1.29, 1.82) is 0 Å². The Bertz CT molecular complexity index is 403. The highest BCUT2D eigenvalue weighted by molar-refractivity contribution is 5.85. The number of hydrogen-bond donors (Lipinski definition) is 2. The molecule has 2 rings (SSSR count). The van der Waals surface area contributed by atoms with E-state index in [1.54, 1.807) is 0 Å². The van der Waals surface area contributed by atoms with Gasteiger partial charge in [-0.25, -0.2) is 4.39 Å². The summed E-state index contributed by atoms with van der Waals surface area (Å²) in [5.41, 5.74) is -0.756. The minimum absolute atomic E-state index is 0. The third-order valence-electron chi connectivity index (χ3n) is 2.74. The number of nitrogens with one attached hydrogen (secondary N) is 2. The van der Waals surface area contributed by atoms with Crippen molar-refractivity contribution in [2.75, 3.05) is 19.6 Å². The predicted octanol–water partition coefficient (Wildman–Crippen LogP) is 2.50. The molecule has 1 saturated heterocycles. The van der Waals surface area contributed by atoms with Crippen LogP contribution in [0.2, 0.25) is 0 Å². The van der Waals surface area contributed by atoms with E-state index in [-0.39, 0.29) is 18.4 Å². The Kier molecular flexibility index (Phi) is 4.95. The monoisotopic (exact) mass is 284 g/mol. The van der Waals surface area contributed by atoms with Crippen LogP contribution in [0.1, 0.15) is 17.2 Å². The number of hydrogen-bond acceptors (Lipinski definition) is 2. The van der Waals surface area contributed by atoms with Gasteiger partial charge in [-0.3, -0.25) is 0 Å². The first kappa shape index (κ1) is 15.2. The van der Waals surface area contributed by atoms with E-state index >= 15 is 0 Å². The molecule has 0 bridgehead atoms. The molecular formula is C11H13ClF4N2. The summed E-state index contributed by atoms with van der Waals surface area (Å²) in [5.74, 6) is -1.23. The minimum Gasteiger partial charge on any atom is -0.314 e. The molecule has 0 aliphatic carbocycles. The van der Waals surface area contributed by atoms with E-state index in [1.165, 1.54) is 6.07 Å². The van der Waals surface area contributed by atoms with E-state index in [4.69, 9.17) is 0 Å². The lowest BCUT2D eigenvalue weighted by atomic mass is 10.0. The number of benzene rings is 1. The molecule has 1 aliphatic heterocycles. The molecule has 7 heteroatoms. The smallest absolute Gasteiger partial charge is 0.314 e. The SMILES string of the molecule is Cl.Fc1ccc([C@H]2CNCCN2)cc1C(F)(F)F. The standard InChI is InChI=1S/C11H12F4N2.ClH/c12-9-2-1-7(5-8(9)11(13,14)15)10-6-16-3-4-17-10;/h1-2,5,10,16-17H,3-4,6H2;1H/t10-;/m1./s1. The van der Waals surface area contributed by atoms with Gasteiger partial charge in [0.15, 0.2) is 0 Å². The second kappa shape index (κ2) is 5.86. The molecule has 0 spiro atoms. The fraction of sp³-hybridized carbons (Fsp3) is 0.455. The van der Waals surface area contributed by atoms with Crippen LogP contribution in [-0.2, 0) is 6.18 Å². The molecule has 2 N–H and O–H groups in total. The van der Waals surface area contributed by atoms with Gasteiger partial charge in [0.05, 0.1) is 5.56 Å². The van der Waals surface area contributed by atoms with Crippen LogP contribution >= 0.6 is 12.4 Å². The molecule has 2 nitrogen and oxygen atoms in total. The van der Waals surface area contributed by atoms with Crippen LogP contribution in [0.25, 0.3) is 0 Å². The molecule has 1 aromatic carbocycles. The topological polar surface area (TPSA) is 24.1 Å². The maximum absolute atomic E-state index is 13.1. The highest BCUT2D eigenvalue weighted by Gasteiger charge is 2.34. The van der Waals surface area contributed by atoms with Crippen molar-refractivity contribution in [1.82, 2.24) is 10.6 Å². The lowest BCUT2D eigenvalue weighted by molar-refractivity contribution is -0.140. The summed E-state index contributed by atoms with van der Waals surface area (Å²) in [4.78, 5) is 0. The minimum atomic E-state index is -4.65. The molecule has 18 heavy (non-hydrogen) atoms. The van der Waals surface area contributed by atoms with Gasteiger partial charge < -0.3 is 10.6 Å². The van der Waals surface area contributed by atoms with E-state index in [2.05, 4.69) is 10.6 Å². The summed E-state index contributed by atoms with van der Waals surface area (Å²) in [7, 11) is 0. The van der Waals surface area contributed by atoms with E-state index in [0.717, 1.165) is 18.7 Å². The van der Waals surface area contributed by atoms with Gasteiger partial charge in [-0.2, -0.15) is 13.2 Å². The van der Waals surface area contributed by atoms with Gasteiger partial charge >= 0.3 is 6.18 Å². The zero-order valence-electron chi connectivity index (χ0n) is 9.35. The number of halogens is 5. The first-order chi connectivity index (χ1) is 7.98. The van der Waals surface area contributed by atoms with Crippen molar-refractivity contribution >= 4 is 12.4 Å². The van der Waals surface area contributed by atoms with Gasteiger partial charge in [0, 0.05) is 25.7 Å². The predicted molar refractivity (Wildman–Crippen MR) is 62.3 cm³/mol. The molecular weight excluding hydrogens is 272 g/mol. The Morgan fingerprint density at radius 3 is 2.44 bits per heavy atom. The quantitative estimate of drug-likeness (QED) is 0.774. The van der Waals surface area contributed by atoms with Crippen molar-refractivity contribution in [3.05, 3.63) is 35.1 Å². The van der Waals surface area contributed by atoms with Gasteiger partial charge in [0.2, 0.25) is 0 Å². The first-order valence-electron chi connectivity index (χ1n) is 5.29. The van der Waals surface area contributed by atoms with Crippen molar-refractivity contribution in [3.8, 4) is 0 Å². The van der Waals surface area contributed by atoms with E-state index < -0.39 is 17.6 Å². The average Bonchev–Trinajstić information content (AvgIpc) is 2.29. The Balaban J connectivity index is 0.00000162. The number of piperazine rings is 1. The highest BCUT2D eigenvalue weighted by atomic mass is 35.5. The third-order valence-corrected chi connectivity index (χ3v) is 2.74. The van der Waals surface area contributed by atoms with Crippen LogP contribution in [0.15, 0.2) is 18.2 Å². The van der Waals surface area contributed by atoms with Crippen LogP contribution < -0.4 is 10.6 Å². The summed E-state index contributed by atoms with van der Waals surface area (Å²) >= 11 is 0. The largest absolute Gasteiger partial charge is 0.419 e. The Hall–Kier alpha value is -0.850. The highest BCUT2D eigenvalue weighted by Crippen LogP contribution is 2.33. The molecule has 1 atom stereocenters. The van der Waals surface area contributed by atoms with Crippen molar-refractivity contribution < 1.29 is 17.6 Å². The van der Waals surface area contributed by atoms with Gasteiger partial charge in [0.25, 0.3) is 0 Å². The summed E-state index contributed by atoms with van der Waals surface area (Å²) in [6, 6.07) is 2.93. The normalized spacial score (nSPS) is 20.3. The Morgan fingerprint density at radius 1 is 1.17 bits per heavy atom. The van der Waals surface area contributed by atoms with E-state index in [9.17, 15) is 17.6 Å². The van der Waals surface area contributed by atoms with E-state index in [1.807, 2.05) is 0 Å². The van der Waals surface area contributed by atoms with Gasteiger partial charge in [-0.05, 0) is 17.7 Å². The maximum atomic E-state index is 13.1. The summed E-state index contributed by atoms with van der Waals surface area (Å²) in [6.07, 6.45) is -4.65. The summed E-state index contributed by atoms with van der Waals surface area (Å²) in [6.45, 7) is 2.01. The third kappa shape index (κ3) is 3.34. The zero-order chi connectivity index (χ0) is 12.5. The molecule has 0 saturated carbocycles. The summed E-state index contributed by atoms with van der Waals surface area (Å²) < 4.78 is 50.6. The Labute approximate surface area is 108 Å². The van der Waals surface area contributed by atoms with Gasteiger partial charge in [-0.1, -0.05) is 6.07 Å². The Morgan fingerprint density at radius 2 is 1.89 bits per heavy atom. The lowest BCUT2D eigenvalue weighted by Crippen LogP contribution is -2.42. The molecule has 1 heterocycles. The van der Waals surface area contributed by atoms with Crippen molar-refractivity contribution in [2.45, 2.75) is 12.2 Å². The van der Waals surface area contributed by atoms with Crippen LogP contribution in [0.3, 0.4) is 0 Å². The van der Waals surface area contributed by atoms with Crippen LogP contribution in [-0.4, -0.2) is 19.6 Å². The zero-order valence-corrected chi connectivity index (χ0v) is 10.2. The maximum Gasteiger partial charge on any atom is 0.419 e. The number of alkyl halides is 3.